The summed E-state index contributed by atoms with van der Waals surface area (Å²) in [6, 6.07) is 8.70. The lowest BCUT2D eigenvalue weighted by molar-refractivity contribution is -0.191. The van der Waals surface area contributed by atoms with E-state index in [2.05, 4.69) is 20.3 Å². The predicted molar refractivity (Wildman–Crippen MR) is 119 cm³/mol. The number of aromatic nitrogens is 4. The van der Waals surface area contributed by atoms with Gasteiger partial charge in [-0.05, 0) is 32.1 Å². The highest BCUT2D eigenvalue weighted by Crippen LogP contribution is 2.45. The lowest BCUT2D eigenvalue weighted by atomic mass is 10.1. The zero-order chi connectivity index (χ0) is 24.1. The van der Waals surface area contributed by atoms with Crippen molar-refractivity contribution in [2.45, 2.75) is 44.2 Å². The number of hydrogen-bond donors (Lipinski definition) is 3. The van der Waals surface area contributed by atoms with Crippen LogP contribution in [0.3, 0.4) is 0 Å². The molecule has 2 fully saturated rings. The van der Waals surface area contributed by atoms with Gasteiger partial charge in [0.2, 0.25) is 0 Å². The maximum absolute atomic E-state index is 12.6. The number of fused-ring (bicyclic) bond motifs is 2. The average Bonchev–Trinajstić information content (AvgIpc) is 3.43. The number of carbonyl (C=O) groups is 1. The van der Waals surface area contributed by atoms with Gasteiger partial charge in [0, 0.05) is 11.4 Å². The van der Waals surface area contributed by atoms with Gasteiger partial charge in [0.15, 0.2) is 29.0 Å². The molecule has 2 aliphatic heterocycles. The second-order valence-corrected chi connectivity index (χ2v) is 9.83. The van der Waals surface area contributed by atoms with Crippen LogP contribution in [-0.4, -0.2) is 59.3 Å². The predicted octanol–water partition coefficient (Wildman–Crippen LogP) is 2.19. The molecule has 2 aromatic heterocycles. The van der Waals surface area contributed by atoms with E-state index in [1.807, 2.05) is 6.07 Å². The molecule has 3 N–H and O–H groups in total. The van der Waals surface area contributed by atoms with Gasteiger partial charge in [-0.15, -0.1) is 0 Å². The Balaban J connectivity index is 1.47. The molecule has 34 heavy (non-hydrogen) atoms. The summed E-state index contributed by atoms with van der Waals surface area (Å²) in [6.07, 6.45) is 1.33. The van der Waals surface area contributed by atoms with E-state index in [1.54, 1.807) is 42.7 Å². The van der Waals surface area contributed by atoms with Crippen molar-refractivity contribution in [3.05, 3.63) is 60.4 Å². The van der Waals surface area contributed by atoms with Crippen LogP contribution < -0.4 is 5.32 Å². The molecule has 1 amide bonds. The number of hydrogen-bond acceptors (Lipinski definition) is 8. The molecule has 1 aromatic carbocycles. The summed E-state index contributed by atoms with van der Waals surface area (Å²) in [5.41, 5.74) is 1.20. The summed E-state index contributed by atoms with van der Waals surface area (Å²) in [6.45, 7) is 3.50. The van der Waals surface area contributed by atoms with Crippen LogP contribution in [0.25, 0.3) is 11.2 Å². The third kappa shape index (κ3) is 4.39. The van der Waals surface area contributed by atoms with Gasteiger partial charge in [-0.3, -0.25) is 13.9 Å². The monoisotopic (exact) mass is 487 g/mol. The molecule has 0 radical (unpaired) electrons. The lowest BCUT2D eigenvalue weighted by Gasteiger charge is -2.24. The van der Waals surface area contributed by atoms with E-state index >= 15 is 0 Å². The minimum absolute atomic E-state index is 0.231. The van der Waals surface area contributed by atoms with Crippen molar-refractivity contribution in [3.8, 4) is 0 Å². The van der Waals surface area contributed by atoms with Crippen LogP contribution in [0.1, 0.15) is 30.4 Å². The smallest absolute Gasteiger partial charge is 0.345 e. The second-order valence-electron chi connectivity index (χ2n) is 8.35. The van der Waals surface area contributed by atoms with Gasteiger partial charge >= 0.3 is 7.60 Å². The van der Waals surface area contributed by atoms with Crippen molar-refractivity contribution in [2.75, 3.05) is 5.32 Å². The third-order valence-corrected chi connectivity index (χ3v) is 6.00. The summed E-state index contributed by atoms with van der Waals surface area (Å²) in [4.78, 5) is 43.9. The van der Waals surface area contributed by atoms with Crippen molar-refractivity contribution in [3.63, 3.8) is 0 Å². The SMILES string of the molecule is CC1(C)O[C@@H]2[C@H](O1)[C@@H](/C=C/P(=O)(O)O)O[C@H]2n1cnc2c(NC(=O)c3ccccc3)ncnc21. The zero-order valence-corrected chi connectivity index (χ0v) is 19.1. The molecular formula is C21H22N5O7P. The molecule has 13 heteroatoms. The van der Waals surface area contributed by atoms with E-state index < -0.39 is 37.9 Å². The standard InChI is InChI=1S/C21H22N5O7P/c1-21(2)32-15-13(8-9-34(28,29)30)31-20(16(15)33-21)26-11-24-14-17(22-10-23-18(14)26)25-19(27)12-6-4-3-5-7-12/h3-11,13,15-16,20H,1-2H3,(H2,28,29,30)(H,22,23,25,27)/b9-8+/t13-,15-,16-,20-/m1/s1. The first kappa shape index (κ1) is 22.8. The minimum atomic E-state index is -4.39. The third-order valence-electron chi connectivity index (χ3n) is 5.44. The van der Waals surface area contributed by atoms with E-state index in [4.69, 9.17) is 14.2 Å². The summed E-state index contributed by atoms with van der Waals surface area (Å²) in [5, 5.41) is 2.75. The van der Waals surface area contributed by atoms with Gasteiger partial charge < -0.3 is 29.3 Å². The van der Waals surface area contributed by atoms with Crippen LogP contribution in [0.15, 0.2) is 54.9 Å². The van der Waals surface area contributed by atoms with Gasteiger partial charge in [-0.25, -0.2) is 15.0 Å². The largest absolute Gasteiger partial charge is 0.348 e. The number of nitrogens with one attached hydrogen (secondary N) is 1. The Kier molecular flexibility index (Phi) is 5.59. The highest BCUT2D eigenvalue weighted by Gasteiger charge is 2.55. The van der Waals surface area contributed by atoms with Crippen molar-refractivity contribution in [1.82, 2.24) is 19.5 Å². The summed E-state index contributed by atoms with van der Waals surface area (Å²) in [5.74, 6) is -0.249. The lowest BCUT2D eigenvalue weighted by Crippen LogP contribution is -2.28. The molecule has 178 valence electrons. The Morgan fingerprint density at radius 1 is 1.15 bits per heavy atom. The maximum Gasteiger partial charge on any atom is 0.348 e. The van der Waals surface area contributed by atoms with Crippen LogP contribution in [-0.2, 0) is 18.8 Å². The van der Waals surface area contributed by atoms with Crippen molar-refractivity contribution < 1.29 is 33.4 Å². The molecule has 2 aliphatic rings. The number of imidazole rings is 1. The van der Waals surface area contributed by atoms with E-state index in [-0.39, 0.29) is 11.7 Å². The number of amides is 1. The van der Waals surface area contributed by atoms with Gasteiger partial charge in [0.1, 0.15) is 24.6 Å². The molecule has 0 bridgehead atoms. The Morgan fingerprint density at radius 2 is 1.88 bits per heavy atom. The van der Waals surface area contributed by atoms with Crippen molar-refractivity contribution in [1.29, 1.82) is 0 Å². The molecule has 12 nitrogen and oxygen atoms in total. The van der Waals surface area contributed by atoms with Crippen LogP contribution in [0.4, 0.5) is 5.82 Å². The summed E-state index contributed by atoms with van der Waals surface area (Å²) < 4.78 is 31.0. The van der Waals surface area contributed by atoms with Gasteiger partial charge in [0.05, 0.1) is 6.33 Å². The van der Waals surface area contributed by atoms with E-state index in [0.717, 1.165) is 5.82 Å². The van der Waals surface area contributed by atoms with Gasteiger partial charge in [0.25, 0.3) is 5.91 Å². The van der Waals surface area contributed by atoms with E-state index in [9.17, 15) is 19.1 Å². The number of anilines is 1. The van der Waals surface area contributed by atoms with Crippen molar-refractivity contribution in [2.24, 2.45) is 0 Å². The van der Waals surface area contributed by atoms with Crippen LogP contribution in [0.2, 0.25) is 0 Å². The maximum atomic E-state index is 12.6. The molecule has 0 unspecified atom stereocenters. The van der Waals surface area contributed by atoms with Crippen LogP contribution in [0, 0.1) is 0 Å². The first-order chi connectivity index (χ1) is 16.1. The number of nitrogens with zero attached hydrogens (tertiary/aromatic N) is 4. The average molecular weight is 487 g/mol. The Hall–Kier alpha value is -2.99. The molecule has 4 heterocycles. The molecule has 5 rings (SSSR count). The minimum Gasteiger partial charge on any atom is -0.345 e. The fraction of sp³-hybridized carbons (Fsp3) is 0.333. The number of carbonyl (C=O) groups excluding carboxylic acids is 1. The molecule has 2 saturated heterocycles. The fourth-order valence-electron chi connectivity index (χ4n) is 4.08. The van der Waals surface area contributed by atoms with Crippen LogP contribution >= 0.6 is 7.60 Å². The van der Waals surface area contributed by atoms with E-state index in [1.165, 1.54) is 18.7 Å². The molecule has 0 aliphatic carbocycles. The number of benzene rings is 1. The van der Waals surface area contributed by atoms with Gasteiger partial charge in [-0.1, -0.05) is 18.2 Å². The molecule has 0 saturated carbocycles. The Labute approximate surface area is 193 Å². The number of rotatable bonds is 5. The quantitative estimate of drug-likeness (QED) is 0.456. The highest BCUT2D eigenvalue weighted by molar-refractivity contribution is 7.55. The normalized spacial score (nSPS) is 26.2. The summed E-state index contributed by atoms with van der Waals surface area (Å²) >= 11 is 0. The first-order valence-electron chi connectivity index (χ1n) is 10.4. The topological polar surface area (TPSA) is 158 Å². The number of ether oxygens (including phenoxy) is 3. The molecule has 0 spiro atoms. The summed E-state index contributed by atoms with van der Waals surface area (Å²) in [7, 11) is -4.39. The fourth-order valence-corrected chi connectivity index (χ4v) is 4.48. The van der Waals surface area contributed by atoms with Crippen molar-refractivity contribution >= 4 is 30.5 Å². The molecular weight excluding hydrogens is 465 g/mol. The first-order valence-corrected chi connectivity index (χ1v) is 12.1. The Bertz CT molecular complexity index is 1310. The van der Waals surface area contributed by atoms with Gasteiger partial charge in [-0.2, -0.15) is 0 Å². The Morgan fingerprint density at radius 3 is 2.62 bits per heavy atom. The zero-order valence-electron chi connectivity index (χ0n) is 18.2. The highest BCUT2D eigenvalue weighted by atomic mass is 31.2. The van der Waals surface area contributed by atoms with Crippen LogP contribution in [0.5, 0.6) is 0 Å². The molecule has 4 atom stereocenters. The molecule has 3 aromatic rings. The second kappa shape index (κ2) is 8.35. The van der Waals surface area contributed by atoms with E-state index in [0.29, 0.717) is 16.7 Å².